The highest BCUT2D eigenvalue weighted by Gasteiger charge is 2.18. The molecule has 0 saturated carbocycles. The van der Waals surface area contributed by atoms with E-state index in [-0.39, 0.29) is 11.9 Å². The molecule has 0 fully saturated rings. The predicted octanol–water partition coefficient (Wildman–Crippen LogP) is 5.04. The summed E-state index contributed by atoms with van der Waals surface area (Å²) in [6.07, 6.45) is 0.908. The van der Waals surface area contributed by atoms with Crippen LogP contribution in [0.15, 0.2) is 48.5 Å². The number of nitrogens with zero attached hydrogens (tertiary/aromatic N) is 2. The average molecular weight is 382 g/mol. The summed E-state index contributed by atoms with van der Waals surface area (Å²) in [5, 5.41) is 15.3. The van der Waals surface area contributed by atoms with Gasteiger partial charge >= 0.3 is 6.03 Å². The average Bonchev–Trinajstić information content (AvgIpc) is 3.11. The zero-order chi connectivity index (χ0) is 19.2. The Balaban J connectivity index is 1.70. The van der Waals surface area contributed by atoms with Crippen molar-refractivity contribution in [2.24, 2.45) is 0 Å². The maximum absolute atomic E-state index is 12.3. The zero-order valence-corrected chi connectivity index (χ0v) is 16.3. The summed E-state index contributed by atoms with van der Waals surface area (Å²) in [5.74, 6) is 0.767. The van der Waals surface area contributed by atoms with Crippen LogP contribution in [0, 0.1) is 6.92 Å². The Kier molecular flexibility index (Phi) is 6.03. The molecule has 27 heavy (non-hydrogen) atoms. The van der Waals surface area contributed by atoms with Crippen LogP contribution < -0.4 is 15.4 Å². The molecular weight excluding hydrogens is 360 g/mol. The lowest BCUT2D eigenvalue weighted by Crippen LogP contribution is -2.19. The molecule has 0 saturated heterocycles. The van der Waals surface area contributed by atoms with Crippen LogP contribution in [0.4, 0.5) is 15.6 Å². The highest BCUT2D eigenvalue weighted by atomic mass is 32.1. The number of hydrogen-bond donors (Lipinski definition) is 2. The SMILES string of the molecule is CCC(c1ccccc1)c1nnc(NC(=O)Nc2cc(C)ccc2OC)s1. The summed E-state index contributed by atoms with van der Waals surface area (Å²) in [6, 6.07) is 15.4. The first-order valence-electron chi connectivity index (χ1n) is 8.71. The number of anilines is 2. The minimum Gasteiger partial charge on any atom is -0.495 e. The lowest BCUT2D eigenvalue weighted by molar-refractivity contribution is 0.262. The number of ether oxygens (including phenoxy) is 1. The fraction of sp³-hybridized carbons (Fsp3) is 0.250. The third kappa shape index (κ3) is 4.62. The molecule has 3 aromatic rings. The molecule has 6 nitrogen and oxygen atoms in total. The van der Waals surface area contributed by atoms with E-state index in [4.69, 9.17) is 4.74 Å². The van der Waals surface area contributed by atoms with Gasteiger partial charge in [0.05, 0.1) is 12.8 Å². The first-order chi connectivity index (χ1) is 13.1. The number of aromatic nitrogens is 2. The number of carbonyl (C=O) groups is 1. The highest BCUT2D eigenvalue weighted by Crippen LogP contribution is 2.31. The number of hydrogen-bond acceptors (Lipinski definition) is 5. The van der Waals surface area contributed by atoms with Crippen LogP contribution in [0.25, 0.3) is 0 Å². The van der Waals surface area contributed by atoms with E-state index in [0.29, 0.717) is 16.6 Å². The first kappa shape index (κ1) is 18.8. The molecule has 0 radical (unpaired) electrons. The molecule has 3 rings (SSSR count). The Hall–Kier alpha value is -2.93. The van der Waals surface area contributed by atoms with Gasteiger partial charge < -0.3 is 10.1 Å². The van der Waals surface area contributed by atoms with Gasteiger partial charge in [-0.25, -0.2) is 4.79 Å². The summed E-state index contributed by atoms with van der Waals surface area (Å²) in [5.41, 5.74) is 2.82. The van der Waals surface area contributed by atoms with Crippen LogP contribution in [0.5, 0.6) is 5.75 Å². The number of amides is 2. The van der Waals surface area contributed by atoms with Gasteiger partial charge in [-0.05, 0) is 36.6 Å². The van der Waals surface area contributed by atoms with E-state index in [1.165, 1.54) is 16.9 Å². The molecule has 140 valence electrons. The molecule has 1 aromatic heterocycles. The van der Waals surface area contributed by atoms with Crippen LogP contribution >= 0.6 is 11.3 Å². The molecular formula is C20H22N4O2S. The Morgan fingerprint density at radius 1 is 1.15 bits per heavy atom. The van der Waals surface area contributed by atoms with Crippen molar-refractivity contribution in [3.05, 3.63) is 64.7 Å². The largest absolute Gasteiger partial charge is 0.495 e. The first-order valence-corrected chi connectivity index (χ1v) is 9.53. The van der Waals surface area contributed by atoms with Gasteiger partial charge in [-0.15, -0.1) is 10.2 Å². The Labute approximate surface area is 162 Å². The van der Waals surface area contributed by atoms with Crippen molar-refractivity contribution >= 4 is 28.2 Å². The van der Waals surface area contributed by atoms with Crippen molar-refractivity contribution in [2.45, 2.75) is 26.2 Å². The molecule has 2 aromatic carbocycles. The maximum atomic E-state index is 12.3. The highest BCUT2D eigenvalue weighted by molar-refractivity contribution is 7.15. The van der Waals surface area contributed by atoms with Crippen molar-refractivity contribution in [1.29, 1.82) is 0 Å². The van der Waals surface area contributed by atoms with Crippen molar-refractivity contribution in [3.8, 4) is 5.75 Å². The molecule has 0 aliphatic carbocycles. The van der Waals surface area contributed by atoms with E-state index in [9.17, 15) is 4.79 Å². The smallest absolute Gasteiger partial charge is 0.325 e. The van der Waals surface area contributed by atoms with E-state index in [1.54, 1.807) is 7.11 Å². The van der Waals surface area contributed by atoms with E-state index in [2.05, 4.69) is 39.9 Å². The van der Waals surface area contributed by atoms with Crippen molar-refractivity contribution in [1.82, 2.24) is 10.2 Å². The molecule has 0 aliphatic heterocycles. The Morgan fingerprint density at radius 3 is 2.63 bits per heavy atom. The van der Waals surface area contributed by atoms with Crippen LogP contribution in [0.1, 0.15) is 35.4 Å². The molecule has 2 N–H and O–H groups in total. The van der Waals surface area contributed by atoms with Gasteiger partial charge in [0, 0.05) is 5.92 Å². The third-order valence-corrected chi connectivity index (χ3v) is 5.12. The number of aryl methyl sites for hydroxylation is 1. The number of urea groups is 1. The topological polar surface area (TPSA) is 76.1 Å². The second-order valence-electron chi connectivity index (χ2n) is 6.10. The van der Waals surface area contributed by atoms with Gasteiger partial charge in [0.2, 0.25) is 5.13 Å². The number of nitrogens with one attached hydrogen (secondary N) is 2. The summed E-state index contributed by atoms with van der Waals surface area (Å²) >= 11 is 1.39. The fourth-order valence-corrected chi connectivity index (χ4v) is 3.78. The quantitative estimate of drug-likeness (QED) is 0.626. The fourth-order valence-electron chi connectivity index (χ4n) is 2.83. The van der Waals surface area contributed by atoms with Gasteiger partial charge in [-0.1, -0.05) is 54.7 Å². The molecule has 7 heteroatoms. The molecule has 1 unspecified atom stereocenters. The summed E-state index contributed by atoms with van der Waals surface area (Å²) in [4.78, 5) is 12.3. The lowest BCUT2D eigenvalue weighted by Gasteiger charge is -2.11. The molecule has 2 amide bonds. The molecule has 0 spiro atoms. The van der Waals surface area contributed by atoms with Crippen molar-refractivity contribution in [3.63, 3.8) is 0 Å². The molecule has 1 heterocycles. The van der Waals surface area contributed by atoms with Gasteiger partial charge in [0.1, 0.15) is 10.8 Å². The van der Waals surface area contributed by atoms with E-state index < -0.39 is 0 Å². The minimum absolute atomic E-state index is 0.166. The normalized spacial score (nSPS) is 11.7. The monoisotopic (exact) mass is 382 g/mol. The predicted molar refractivity (Wildman–Crippen MR) is 109 cm³/mol. The van der Waals surface area contributed by atoms with Crippen LogP contribution in [0.3, 0.4) is 0 Å². The molecule has 1 atom stereocenters. The van der Waals surface area contributed by atoms with E-state index in [0.717, 1.165) is 17.0 Å². The lowest BCUT2D eigenvalue weighted by atomic mass is 9.97. The Morgan fingerprint density at radius 2 is 1.93 bits per heavy atom. The number of carbonyl (C=O) groups excluding carboxylic acids is 1. The number of methoxy groups -OCH3 is 1. The number of benzene rings is 2. The minimum atomic E-state index is -0.380. The summed E-state index contributed by atoms with van der Waals surface area (Å²) in [7, 11) is 1.57. The summed E-state index contributed by atoms with van der Waals surface area (Å²) < 4.78 is 5.28. The molecule has 0 bridgehead atoms. The second-order valence-corrected chi connectivity index (χ2v) is 7.11. The van der Waals surface area contributed by atoms with Gasteiger partial charge in [0.15, 0.2) is 0 Å². The van der Waals surface area contributed by atoms with Gasteiger partial charge in [0.25, 0.3) is 0 Å². The number of rotatable bonds is 6. The van der Waals surface area contributed by atoms with Crippen LogP contribution in [-0.4, -0.2) is 23.3 Å². The van der Waals surface area contributed by atoms with Crippen molar-refractivity contribution in [2.75, 3.05) is 17.7 Å². The third-order valence-electron chi connectivity index (χ3n) is 4.17. The van der Waals surface area contributed by atoms with Gasteiger partial charge in [-0.3, -0.25) is 5.32 Å². The second kappa shape index (κ2) is 8.64. The molecule has 0 aliphatic rings. The standard InChI is InChI=1S/C20H22N4O2S/c1-4-15(14-8-6-5-7-9-14)18-23-24-20(27-18)22-19(25)21-16-12-13(2)10-11-17(16)26-3/h5-12,15H,4H2,1-3H3,(H2,21,22,24,25). The zero-order valence-electron chi connectivity index (χ0n) is 15.5. The van der Waals surface area contributed by atoms with E-state index in [1.807, 2.05) is 43.3 Å². The Bertz CT molecular complexity index is 911. The van der Waals surface area contributed by atoms with Crippen LogP contribution in [-0.2, 0) is 0 Å². The van der Waals surface area contributed by atoms with Crippen LogP contribution in [0.2, 0.25) is 0 Å². The van der Waals surface area contributed by atoms with E-state index >= 15 is 0 Å². The summed E-state index contributed by atoms with van der Waals surface area (Å²) in [6.45, 7) is 4.07. The maximum Gasteiger partial charge on any atom is 0.325 e. The van der Waals surface area contributed by atoms with Crippen molar-refractivity contribution < 1.29 is 9.53 Å². The van der Waals surface area contributed by atoms with Gasteiger partial charge in [-0.2, -0.15) is 0 Å².